The molecular formula is C15H22Cl2N2. The molecule has 1 aliphatic rings. The van der Waals surface area contributed by atoms with Gasteiger partial charge in [-0.3, -0.25) is 4.90 Å². The second kappa shape index (κ2) is 5.90. The van der Waals surface area contributed by atoms with E-state index >= 15 is 0 Å². The van der Waals surface area contributed by atoms with Crippen molar-refractivity contribution in [1.82, 2.24) is 4.90 Å². The Morgan fingerprint density at radius 1 is 1.11 bits per heavy atom. The SMILES string of the molecule is CC(C)(C)N1CCN(c2c(Cl)cccc2CCl)CC1. The van der Waals surface area contributed by atoms with E-state index in [2.05, 4.69) is 36.6 Å². The molecule has 0 unspecified atom stereocenters. The van der Waals surface area contributed by atoms with E-state index in [4.69, 9.17) is 23.2 Å². The van der Waals surface area contributed by atoms with Gasteiger partial charge in [0.2, 0.25) is 0 Å². The van der Waals surface area contributed by atoms with Gasteiger partial charge in [-0.1, -0.05) is 23.7 Å². The molecule has 0 N–H and O–H groups in total. The minimum atomic E-state index is 0.238. The van der Waals surface area contributed by atoms with Gasteiger partial charge in [0, 0.05) is 37.6 Å². The summed E-state index contributed by atoms with van der Waals surface area (Å²) in [6.07, 6.45) is 0. The maximum Gasteiger partial charge on any atom is 0.0642 e. The molecule has 0 saturated carbocycles. The van der Waals surface area contributed by atoms with Gasteiger partial charge in [-0.15, -0.1) is 11.6 Å². The summed E-state index contributed by atoms with van der Waals surface area (Å²) in [6, 6.07) is 5.97. The third-order valence-electron chi connectivity index (χ3n) is 3.76. The standard InChI is InChI=1S/C15H22Cl2N2/c1-15(2,3)19-9-7-18(8-10-19)14-12(11-16)5-4-6-13(14)17/h4-6H,7-11H2,1-3H3. The highest BCUT2D eigenvalue weighted by Crippen LogP contribution is 2.32. The minimum Gasteiger partial charge on any atom is -0.368 e. The van der Waals surface area contributed by atoms with Gasteiger partial charge < -0.3 is 4.90 Å². The summed E-state index contributed by atoms with van der Waals surface area (Å²) in [4.78, 5) is 4.88. The number of benzene rings is 1. The maximum atomic E-state index is 6.35. The van der Waals surface area contributed by atoms with Crippen LogP contribution in [0.3, 0.4) is 0 Å². The summed E-state index contributed by atoms with van der Waals surface area (Å²) in [6.45, 7) is 10.9. The Labute approximate surface area is 126 Å². The lowest BCUT2D eigenvalue weighted by atomic mass is 10.0. The highest BCUT2D eigenvalue weighted by atomic mass is 35.5. The number of halogens is 2. The van der Waals surface area contributed by atoms with Crippen LogP contribution in [-0.2, 0) is 5.88 Å². The van der Waals surface area contributed by atoms with Crippen molar-refractivity contribution < 1.29 is 0 Å². The molecule has 1 saturated heterocycles. The lowest BCUT2D eigenvalue weighted by Gasteiger charge is -2.43. The molecule has 0 bridgehead atoms. The van der Waals surface area contributed by atoms with E-state index in [-0.39, 0.29) is 5.54 Å². The first-order valence-corrected chi connectivity index (χ1v) is 7.68. The molecule has 1 aromatic carbocycles. The first-order chi connectivity index (χ1) is 8.93. The molecule has 106 valence electrons. The lowest BCUT2D eigenvalue weighted by Crippen LogP contribution is -2.53. The minimum absolute atomic E-state index is 0.238. The topological polar surface area (TPSA) is 6.48 Å². The number of hydrogen-bond donors (Lipinski definition) is 0. The van der Waals surface area contributed by atoms with E-state index in [9.17, 15) is 0 Å². The van der Waals surface area contributed by atoms with Crippen molar-refractivity contribution in [1.29, 1.82) is 0 Å². The lowest BCUT2D eigenvalue weighted by molar-refractivity contribution is 0.128. The number of nitrogens with zero attached hydrogens (tertiary/aromatic N) is 2. The summed E-state index contributed by atoms with van der Waals surface area (Å²) < 4.78 is 0. The van der Waals surface area contributed by atoms with Crippen LogP contribution < -0.4 is 4.90 Å². The van der Waals surface area contributed by atoms with Gasteiger partial charge in [0.25, 0.3) is 0 Å². The van der Waals surface area contributed by atoms with E-state index in [0.717, 1.165) is 42.5 Å². The van der Waals surface area contributed by atoms with E-state index < -0.39 is 0 Å². The largest absolute Gasteiger partial charge is 0.368 e. The zero-order chi connectivity index (χ0) is 14.0. The average molecular weight is 301 g/mol. The van der Waals surface area contributed by atoms with Crippen LogP contribution >= 0.6 is 23.2 Å². The molecule has 0 atom stereocenters. The Morgan fingerprint density at radius 2 is 1.74 bits per heavy atom. The van der Waals surface area contributed by atoms with Crippen molar-refractivity contribution in [2.24, 2.45) is 0 Å². The van der Waals surface area contributed by atoms with Crippen LogP contribution in [0.4, 0.5) is 5.69 Å². The van der Waals surface area contributed by atoms with Crippen LogP contribution in [0.1, 0.15) is 26.3 Å². The normalized spacial score (nSPS) is 17.8. The number of rotatable bonds is 2. The van der Waals surface area contributed by atoms with Crippen molar-refractivity contribution in [3.8, 4) is 0 Å². The van der Waals surface area contributed by atoms with Gasteiger partial charge in [0.1, 0.15) is 0 Å². The quantitative estimate of drug-likeness (QED) is 0.762. The molecule has 19 heavy (non-hydrogen) atoms. The van der Waals surface area contributed by atoms with Gasteiger partial charge in [-0.05, 0) is 32.4 Å². The third-order valence-corrected chi connectivity index (χ3v) is 4.35. The first kappa shape index (κ1) is 15.0. The van der Waals surface area contributed by atoms with Crippen molar-refractivity contribution in [2.75, 3.05) is 31.1 Å². The maximum absolute atomic E-state index is 6.35. The number of para-hydroxylation sites is 1. The molecule has 4 heteroatoms. The monoisotopic (exact) mass is 300 g/mol. The molecule has 1 heterocycles. The van der Waals surface area contributed by atoms with Crippen LogP contribution in [0.25, 0.3) is 0 Å². The molecule has 2 rings (SSSR count). The van der Waals surface area contributed by atoms with Gasteiger partial charge in [0.05, 0.1) is 10.7 Å². The predicted molar refractivity (Wildman–Crippen MR) is 84.5 cm³/mol. The first-order valence-electron chi connectivity index (χ1n) is 6.77. The van der Waals surface area contributed by atoms with Crippen LogP contribution in [0.15, 0.2) is 18.2 Å². The van der Waals surface area contributed by atoms with E-state index in [1.165, 1.54) is 0 Å². The fourth-order valence-corrected chi connectivity index (χ4v) is 3.15. The van der Waals surface area contributed by atoms with Crippen LogP contribution in [-0.4, -0.2) is 36.6 Å². The van der Waals surface area contributed by atoms with Crippen LogP contribution in [0.5, 0.6) is 0 Å². The molecule has 2 nitrogen and oxygen atoms in total. The molecule has 1 aliphatic heterocycles. The van der Waals surface area contributed by atoms with Gasteiger partial charge in [-0.2, -0.15) is 0 Å². The smallest absolute Gasteiger partial charge is 0.0642 e. The van der Waals surface area contributed by atoms with Gasteiger partial charge in [-0.25, -0.2) is 0 Å². The predicted octanol–water partition coefficient (Wildman–Crippen LogP) is 4.00. The van der Waals surface area contributed by atoms with E-state index in [0.29, 0.717) is 5.88 Å². The highest BCUT2D eigenvalue weighted by molar-refractivity contribution is 6.33. The summed E-state index contributed by atoms with van der Waals surface area (Å²) in [7, 11) is 0. The molecule has 1 fully saturated rings. The molecule has 0 aliphatic carbocycles. The Bertz CT molecular complexity index is 432. The highest BCUT2D eigenvalue weighted by Gasteiger charge is 2.27. The Morgan fingerprint density at radius 3 is 2.26 bits per heavy atom. The zero-order valence-electron chi connectivity index (χ0n) is 11.9. The Hall–Kier alpha value is -0.440. The second-order valence-electron chi connectivity index (χ2n) is 6.03. The summed E-state index contributed by atoms with van der Waals surface area (Å²) in [5.41, 5.74) is 2.48. The van der Waals surface area contributed by atoms with Crippen molar-refractivity contribution in [3.63, 3.8) is 0 Å². The second-order valence-corrected chi connectivity index (χ2v) is 6.70. The molecular weight excluding hydrogens is 279 g/mol. The molecule has 0 spiro atoms. The molecule has 0 aromatic heterocycles. The van der Waals surface area contributed by atoms with Crippen molar-refractivity contribution in [2.45, 2.75) is 32.2 Å². The number of piperazine rings is 1. The van der Waals surface area contributed by atoms with E-state index in [1.807, 2.05) is 12.1 Å². The van der Waals surface area contributed by atoms with Crippen LogP contribution in [0.2, 0.25) is 5.02 Å². The van der Waals surface area contributed by atoms with Crippen LogP contribution in [0, 0.1) is 0 Å². The van der Waals surface area contributed by atoms with Gasteiger partial charge in [0.15, 0.2) is 0 Å². The van der Waals surface area contributed by atoms with E-state index in [1.54, 1.807) is 0 Å². The van der Waals surface area contributed by atoms with Crippen molar-refractivity contribution in [3.05, 3.63) is 28.8 Å². The number of alkyl halides is 1. The Balaban J connectivity index is 2.14. The summed E-state index contributed by atoms with van der Waals surface area (Å²) >= 11 is 12.4. The Kier molecular flexibility index (Phi) is 4.65. The fraction of sp³-hybridized carbons (Fsp3) is 0.600. The molecule has 0 radical (unpaired) electrons. The van der Waals surface area contributed by atoms with Gasteiger partial charge >= 0.3 is 0 Å². The molecule has 0 amide bonds. The number of anilines is 1. The zero-order valence-corrected chi connectivity index (χ0v) is 13.4. The fourth-order valence-electron chi connectivity index (χ4n) is 2.62. The van der Waals surface area contributed by atoms with Crippen molar-refractivity contribution >= 4 is 28.9 Å². The number of hydrogen-bond acceptors (Lipinski definition) is 2. The summed E-state index contributed by atoms with van der Waals surface area (Å²) in [5.74, 6) is 0.509. The third kappa shape index (κ3) is 3.36. The average Bonchev–Trinajstić information content (AvgIpc) is 2.37. The molecule has 1 aromatic rings. The summed E-state index contributed by atoms with van der Waals surface area (Å²) in [5, 5.41) is 0.808.